The van der Waals surface area contributed by atoms with Gasteiger partial charge in [-0.3, -0.25) is 4.79 Å². The molecule has 0 radical (unpaired) electrons. The predicted molar refractivity (Wildman–Crippen MR) is 96.5 cm³/mol. The van der Waals surface area contributed by atoms with Gasteiger partial charge in [-0.05, 0) is 26.0 Å². The third-order valence-corrected chi connectivity index (χ3v) is 4.72. The second-order valence-corrected chi connectivity index (χ2v) is 6.86. The molecule has 0 aliphatic carbocycles. The number of nitrogens with one attached hydrogen (secondary N) is 2. The maximum Gasteiger partial charge on any atom is 0.223 e. The molecular weight excluding hydrogens is 320 g/mol. The van der Waals surface area contributed by atoms with Crippen LogP contribution in [0.1, 0.15) is 32.3 Å². The number of piperidine rings is 1. The van der Waals surface area contributed by atoms with Crippen LogP contribution in [0.4, 0.5) is 0 Å². The molecule has 1 heterocycles. The quantitative estimate of drug-likeness (QED) is 0.770. The number of benzene rings is 1. The molecule has 1 saturated heterocycles. The van der Waals surface area contributed by atoms with Gasteiger partial charge in [0.15, 0.2) is 11.5 Å². The Morgan fingerprint density at radius 3 is 2.28 bits per heavy atom. The number of hydrogen-bond donors (Lipinski definition) is 2. The summed E-state index contributed by atoms with van der Waals surface area (Å²) >= 11 is 0. The zero-order valence-electron chi connectivity index (χ0n) is 16.0. The van der Waals surface area contributed by atoms with Crippen LogP contribution in [0.5, 0.6) is 17.2 Å². The maximum atomic E-state index is 12.2. The molecule has 1 aromatic rings. The number of likely N-dealkylation sites (tertiary alicyclic amines) is 1. The number of ether oxygens (including phenoxy) is 3. The zero-order valence-corrected chi connectivity index (χ0v) is 16.0. The lowest BCUT2D eigenvalue weighted by Gasteiger charge is -2.29. The average Bonchev–Trinajstić information content (AvgIpc) is 2.61. The molecule has 0 aromatic heterocycles. The molecule has 1 amide bonds. The first-order valence-corrected chi connectivity index (χ1v) is 8.91. The summed E-state index contributed by atoms with van der Waals surface area (Å²) < 4.78 is 16.4. The summed E-state index contributed by atoms with van der Waals surface area (Å²) in [4.78, 5) is 13.6. The fourth-order valence-electron chi connectivity index (χ4n) is 3.44. The fourth-order valence-corrected chi connectivity index (χ4v) is 3.44. The molecule has 0 unspecified atom stereocenters. The first kappa shape index (κ1) is 19.4. The fraction of sp³-hybridized carbons (Fsp3) is 0.632. The molecule has 1 aliphatic rings. The third-order valence-electron chi connectivity index (χ3n) is 4.72. The Balaban J connectivity index is 2.01. The van der Waals surface area contributed by atoms with Crippen LogP contribution < -0.4 is 24.4 Å². The number of hydrogen-bond acceptors (Lipinski definition) is 4. The minimum Gasteiger partial charge on any atom is -0.493 e. The van der Waals surface area contributed by atoms with Gasteiger partial charge in [0, 0.05) is 24.8 Å². The largest absolute Gasteiger partial charge is 0.493 e. The Bertz CT molecular complexity index is 581. The molecule has 2 rings (SSSR count). The lowest BCUT2D eigenvalue weighted by Crippen LogP contribution is -3.11. The highest BCUT2D eigenvalue weighted by Crippen LogP contribution is 2.39. The number of carbonyl (C=O) groups excluding carboxylic acids is 1. The van der Waals surface area contributed by atoms with Crippen molar-refractivity contribution in [1.29, 1.82) is 0 Å². The highest BCUT2D eigenvalue weighted by Gasteiger charge is 2.28. The normalized spacial score (nSPS) is 20.2. The van der Waals surface area contributed by atoms with Gasteiger partial charge < -0.3 is 24.4 Å². The zero-order chi connectivity index (χ0) is 18.4. The number of rotatable bonds is 7. The van der Waals surface area contributed by atoms with Crippen LogP contribution in [0.15, 0.2) is 12.1 Å². The number of amides is 1. The van der Waals surface area contributed by atoms with Crippen molar-refractivity contribution in [3.05, 3.63) is 17.7 Å². The standard InChI is InChI=1S/C19H30N2O4/c1-13(2)20-19(22)14-8-10-21(11-9-14)12-15-6-7-16(23-3)18(25-5)17(15)24-4/h6-7,13-14H,8-12H2,1-5H3,(H,20,22)/p+1. The van der Waals surface area contributed by atoms with Crippen LogP contribution in [0.3, 0.4) is 0 Å². The molecule has 2 N–H and O–H groups in total. The second-order valence-electron chi connectivity index (χ2n) is 6.86. The topological polar surface area (TPSA) is 61.2 Å². The minimum absolute atomic E-state index is 0.137. The minimum atomic E-state index is 0.137. The summed E-state index contributed by atoms with van der Waals surface area (Å²) in [6.45, 7) is 6.81. The SMILES string of the molecule is COc1ccc(C[NH+]2CCC(C(=O)NC(C)C)CC2)c(OC)c1OC. The first-order chi connectivity index (χ1) is 12.0. The predicted octanol–water partition coefficient (Wildman–Crippen LogP) is 1.03. The molecule has 25 heavy (non-hydrogen) atoms. The van der Waals surface area contributed by atoms with Gasteiger partial charge in [0.25, 0.3) is 0 Å². The maximum absolute atomic E-state index is 12.2. The number of carbonyl (C=O) groups is 1. The summed E-state index contributed by atoms with van der Waals surface area (Å²) in [6.07, 6.45) is 1.84. The summed E-state index contributed by atoms with van der Waals surface area (Å²) in [5.74, 6) is 2.36. The van der Waals surface area contributed by atoms with Crippen LogP contribution in [0, 0.1) is 5.92 Å². The van der Waals surface area contributed by atoms with Gasteiger partial charge in [-0.1, -0.05) is 0 Å². The molecule has 1 aliphatic heterocycles. The van der Waals surface area contributed by atoms with Gasteiger partial charge in [-0.2, -0.15) is 0 Å². The Morgan fingerprint density at radius 2 is 1.76 bits per heavy atom. The van der Waals surface area contributed by atoms with E-state index in [-0.39, 0.29) is 17.9 Å². The van der Waals surface area contributed by atoms with Crippen molar-refractivity contribution in [2.45, 2.75) is 39.3 Å². The Labute approximate surface area is 150 Å². The van der Waals surface area contributed by atoms with Crippen LogP contribution in [-0.2, 0) is 11.3 Å². The van der Waals surface area contributed by atoms with Crippen LogP contribution in [0.2, 0.25) is 0 Å². The van der Waals surface area contributed by atoms with Gasteiger partial charge in [0.05, 0.1) is 40.0 Å². The van der Waals surface area contributed by atoms with Gasteiger partial charge in [0.2, 0.25) is 11.7 Å². The van der Waals surface area contributed by atoms with E-state index in [2.05, 4.69) is 5.32 Å². The van der Waals surface area contributed by atoms with Crippen molar-refractivity contribution in [2.24, 2.45) is 5.92 Å². The molecule has 140 valence electrons. The molecule has 0 saturated carbocycles. The number of methoxy groups -OCH3 is 3. The van der Waals surface area contributed by atoms with E-state index < -0.39 is 0 Å². The molecule has 0 bridgehead atoms. The van der Waals surface area contributed by atoms with Crippen molar-refractivity contribution >= 4 is 5.91 Å². The van der Waals surface area contributed by atoms with Crippen LogP contribution >= 0.6 is 0 Å². The van der Waals surface area contributed by atoms with Crippen molar-refractivity contribution in [1.82, 2.24) is 5.32 Å². The number of quaternary nitrogens is 1. The molecule has 0 atom stereocenters. The van der Waals surface area contributed by atoms with E-state index in [0.29, 0.717) is 11.5 Å². The van der Waals surface area contributed by atoms with Crippen molar-refractivity contribution in [3.63, 3.8) is 0 Å². The van der Waals surface area contributed by atoms with Crippen molar-refractivity contribution < 1.29 is 23.9 Å². The average molecular weight is 351 g/mol. The lowest BCUT2D eigenvalue weighted by atomic mass is 9.95. The van der Waals surface area contributed by atoms with Crippen LogP contribution in [-0.4, -0.2) is 46.4 Å². The highest BCUT2D eigenvalue weighted by atomic mass is 16.5. The highest BCUT2D eigenvalue weighted by molar-refractivity contribution is 5.78. The third kappa shape index (κ3) is 4.78. The molecule has 1 fully saturated rings. The Kier molecular flexibility index (Phi) is 6.93. The monoisotopic (exact) mass is 351 g/mol. The van der Waals surface area contributed by atoms with E-state index >= 15 is 0 Å². The van der Waals surface area contributed by atoms with Gasteiger partial charge in [-0.25, -0.2) is 0 Å². The molecule has 1 aromatic carbocycles. The van der Waals surface area contributed by atoms with E-state index in [1.807, 2.05) is 26.0 Å². The van der Waals surface area contributed by atoms with Crippen molar-refractivity contribution in [3.8, 4) is 17.2 Å². The molecule has 0 spiro atoms. The van der Waals surface area contributed by atoms with Gasteiger partial charge in [-0.15, -0.1) is 0 Å². The molecule has 6 heteroatoms. The lowest BCUT2D eigenvalue weighted by molar-refractivity contribution is -0.919. The van der Waals surface area contributed by atoms with E-state index in [4.69, 9.17) is 14.2 Å². The summed E-state index contributed by atoms with van der Waals surface area (Å²) in [7, 11) is 4.89. The first-order valence-electron chi connectivity index (χ1n) is 8.91. The summed E-state index contributed by atoms with van der Waals surface area (Å²) in [5, 5.41) is 3.02. The van der Waals surface area contributed by atoms with Crippen LogP contribution in [0.25, 0.3) is 0 Å². The summed E-state index contributed by atoms with van der Waals surface area (Å²) in [5.41, 5.74) is 1.10. The summed E-state index contributed by atoms with van der Waals surface area (Å²) in [6, 6.07) is 4.15. The molecule has 6 nitrogen and oxygen atoms in total. The Morgan fingerprint density at radius 1 is 1.12 bits per heavy atom. The Hall–Kier alpha value is -1.95. The second kappa shape index (κ2) is 8.94. The van der Waals surface area contributed by atoms with E-state index in [1.165, 1.54) is 4.90 Å². The van der Waals surface area contributed by atoms with Gasteiger partial charge >= 0.3 is 0 Å². The van der Waals surface area contributed by atoms with E-state index in [1.54, 1.807) is 21.3 Å². The molecular formula is C19H31N2O4+. The van der Waals surface area contributed by atoms with E-state index in [9.17, 15) is 4.79 Å². The van der Waals surface area contributed by atoms with Gasteiger partial charge in [0.1, 0.15) is 6.54 Å². The van der Waals surface area contributed by atoms with Crippen molar-refractivity contribution in [2.75, 3.05) is 34.4 Å². The van der Waals surface area contributed by atoms with E-state index in [0.717, 1.165) is 43.8 Å². The smallest absolute Gasteiger partial charge is 0.223 e.